The van der Waals surface area contributed by atoms with Crippen LogP contribution < -0.4 is 9.47 Å². The van der Waals surface area contributed by atoms with Gasteiger partial charge in [0.15, 0.2) is 11.5 Å². The molecule has 0 N–H and O–H groups in total. The Balaban J connectivity index is 1.80. The van der Waals surface area contributed by atoms with Gasteiger partial charge in [0.1, 0.15) is 18.2 Å². The topological polar surface area (TPSA) is 62.6 Å². The van der Waals surface area contributed by atoms with Crippen LogP contribution in [0.1, 0.15) is 24.0 Å². The second-order valence-corrected chi connectivity index (χ2v) is 6.35. The lowest BCUT2D eigenvalue weighted by molar-refractivity contribution is -0.125. The number of ether oxygens (including phenoxy) is 2. The highest BCUT2D eigenvalue weighted by Crippen LogP contribution is 2.30. The van der Waals surface area contributed by atoms with Gasteiger partial charge < -0.3 is 14.4 Å². The quantitative estimate of drug-likeness (QED) is 0.579. The molecule has 1 saturated heterocycles. The van der Waals surface area contributed by atoms with Crippen molar-refractivity contribution in [2.45, 2.75) is 19.4 Å². The van der Waals surface area contributed by atoms with Crippen molar-refractivity contribution in [2.24, 2.45) is 0 Å². The normalized spacial score (nSPS) is 13.9. The number of carbonyl (C=O) groups excluding carboxylic acids is 1. The Morgan fingerprint density at radius 2 is 1.89 bits per heavy atom. The van der Waals surface area contributed by atoms with Crippen LogP contribution in [0.4, 0.5) is 0 Å². The van der Waals surface area contributed by atoms with E-state index in [1.165, 1.54) is 0 Å². The second kappa shape index (κ2) is 8.91. The lowest BCUT2D eigenvalue weighted by Gasteiger charge is -2.14. The number of nitrogens with zero attached hydrogens (tertiary/aromatic N) is 2. The molecule has 27 heavy (non-hydrogen) atoms. The Labute approximate surface area is 159 Å². The maximum atomic E-state index is 12.5. The number of likely N-dealkylation sites (tertiary alicyclic amines) is 1. The van der Waals surface area contributed by atoms with E-state index in [0.717, 1.165) is 24.0 Å². The molecule has 0 unspecified atom stereocenters. The molecule has 1 amide bonds. The summed E-state index contributed by atoms with van der Waals surface area (Å²) < 4.78 is 11.3. The first-order chi connectivity index (χ1) is 13.2. The molecule has 138 valence electrons. The summed E-state index contributed by atoms with van der Waals surface area (Å²) in [6, 6.07) is 17.2. The highest BCUT2D eigenvalue weighted by Gasteiger charge is 2.21. The van der Waals surface area contributed by atoms with Crippen LogP contribution in [0.25, 0.3) is 6.08 Å². The molecule has 0 spiro atoms. The van der Waals surface area contributed by atoms with Crippen LogP contribution in [0.5, 0.6) is 11.5 Å². The molecule has 1 aliphatic heterocycles. The molecule has 0 atom stereocenters. The van der Waals surface area contributed by atoms with Crippen LogP contribution in [0.2, 0.25) is 0 Å². The molecule has 0 bridgehead atoms. The molecule has 0 saturated carbocycles. The Morgan fingerprint density at radius 3 is 2.56 bits per heavy atom. The van der Waals surface area contributed by atoms with Gasteiger partial charge in [0.25, 0.3) is 5.91 Å². The standard InChI is InChI=1S/C22H22N2O3/c1-26-20-10-9-18(13-19(15-23)22(25)24-11-5-6-12-24)14-21(20)27-16-17-7-3-2-4-8-17/h2-4,7-10,13-14H,5-6,11-12,16H2,1H3/b19-13+. The number of hydrogen-bond acceptors (Lipinski definition) is 4. The molecule has 1 fully saturated rings. The van der Waals surface area contributed by atoms with Crippen molar-refractivity contribution in [3.63, 3.8) is 0 Å². The molecule has 0 aliphatic carbocycles. The van der Waals surface area contributed by atoms with Crippen LogP contribution >= 0.6 is 0 Å². The molecule has 3 rings (SSSR count). The minimum absolute atomic E-state index is 0.135. The van der Waals surface area contributed by atoms with Crippen molar-refractivity contribution in [2.75, 3.05) is 20.2 Å². The fourth-order valence-corrected chi connectivity index (χ4v) is 3.03. The fourth-order valence-electron chi connectivity index (χ4n) is 3.03. The Bertz CT molecular complexity index is 863. The monoisotopic (exact) mass is 362 g/mol. The maximum Gasteiger partial charge on any atom is 0.264 e. The lowest BCUT2D eigenvalue weighted by Crippen LogP contribution is -2.28. The van der Waals surface area contributed by atoms with E-state index in [2.05, 4.69) is 0 Å². The maximum absolute atomic E-state index is 12.5. The van der Waals surface area contributed by atoms with Gasteiger partial charge in [-0.3, -0.25) is 4.79 Å². The molecular weight excluding hydrogens is 340 g/mol. The van der Waals surface area contributed by atoms with Gasteiger partial charge in [-0.15, -0.1) is 0 Å². The SMILES string of the molecule is COc1ccc(/C=C(\C#N)C(=O)N2CCCC2)cc1OCc1ccccc1. The van der Waals surface area contributed by atoms with Crippen LogP contribution in [-0.4, -0.2) is 31.0 Å². The van der Waals surface area contributed by atoms with Crippen molar-refractivity contribution in [3.8, 4) is 17.6 Å². The summed E-state index contributed by atoms with van der Waals surface area (Å²) in [7, 11) is 1.58. The van der Waals surface area contributed by atoms with Crippen molar-refractivity contribution in [3.05, 3.63) is 65.2 Å². The predicted octanol–water partition coefficient (Wildman–Crippen LogP) is 3.80. The van der Waals surface area contributed by atoms with Crippen LogP contribution in [0.3, 0.4) is 0 Å². The van der Waals surface area contributed by atoms with E-state index in [0.29, 0.717) is 31.2 Å². The van der Waals surface area contributed by atoms with E-state index in [4.69, 9.17) is 9.47 Å². The van der Waals surface area contributed by atoms with E-state index in [-0.39, 0.29) is 11.5 Å². The molecule has 1 aliphatic rings. The summed E-state index contributed by atoms with van der Waals surface area (Å²) in [6.07, 6.45) is 3.59. The Hall–Kier alpha value is -3.26. The van der Waals surface area contributed by atoms with Gasteiger partial charge in [-0.2, -0.15) is 5.26 Å². The summed E-state index contributed by atoms with van der Waals surface area (Å²) in [4.78, 5) is 14.2. The number of nitriles is 1. The van der Waals surface area contributed by atoms with E-state index < -0.39 is 0 Å². The predicted molar refractivity (Wildman–Crippen MR) is 103 cm³/mol. The van der Waals surface area contributed by atoms with Gasteiger partial charge in [-0.05, 0) is 42.2 Å². The molecule has 1 heterocycles. The zero-order valence-electron chi connectivity index (χ0n) is 15.4. The van der Waals surface area contributed by atoms with Gasteiger partial charge >= 0.3 is 0 Å². The third-order valence-corrected chi connectivity index (χ3v) is 4.48. The first-order valence-corrected chi connectivity index (χ1v) is 8.97. The van der Waals surface area contributed by atoms with Gasteiger partial charge in [0, 0.05) is 13.1 Å². The largest absolute Gasteiger partial charge is 0.493 e. The third kappa shape index (κ3) is 4.68. The van der Waals surface area contributed by atoms with Gasteiger partial charge in [-0.25, -0.2) is 0 Å². The van der Waals surface area contributed by atoms with E-state index >= 15 is 0 Å². The van der Waals surface area contributed by atoms with Crippen LogP contribution in [-0.2, 0) is 11.4 Å². The average molecular weight is 362 g/mol. The minimum Gasteiger partial charge on any atom is -0.493 e. The van der Waals surface area contributed by atoms with Crippen molar-refractivity contribution in [1.82, 2.24) is 4.90 Å². The van der Waals surface area contributed by atoms with Crippen LogP contribution in [0, 0.1) is 11.3 Å². The molecule has 0 aromatic heterocycles. The lowest BCUT2D eigenvalue weighted by atomic mass is 10.1. The van der Waals surface area contributed by atoms with Gasteiger partial charge in [0.05, 0.1) is 7.11 Å². The molecule has 5 heteroatoms. The zero-order chi connectivity index (χ0) is 19.1. The first kappa shape index (κ1) is 18.5. The molecular formula is C22H22N2O3. The zero-order valence-corrected chi connectivity index (χ0v) is 15.4. The number of amides is 1. The highest BCUT2D eigenvalue weighted by atomic mass is 16.5. The summed E-state index contributed by atoms with van der Waals surface area (Å²) in [5.41, 5.74) is 1.90. The number of hydrogen-bond donors (Lipinski definition) is 0. The van der Waals surface area contributed by atoms with Crippen molar-refractivity contribution >= 4 is 12.0 Å². The first-order valence-electron chi connectivity index (χ1n) is 8.97. The van der Waals surface area contributed by atoms with E-state index in [9.17, 15) is 10.1 Å². The summed E-state index contributed by atoms with van der Waals surface area (Å²) >= 11 is 0. The second-order valence-electron chi connectivity index (χ2n) is 6.35. The van der Waals surface area contributed by atoms with E-state index in [1.807, 2.05) is 42.5 Å². The van der Waals surface area contributed by atoms with Crippen molar-refractivity contribution in [1.29, 1.82) is 5.26 Å². The molecule has 5 nitrogen and oxygen atoms in total. The summed E-state index contributed by atoms with van der Waals surface area (Å²) in [5, 5.41) is 9.42. The van der Waals surface area contributed by atoms with E-state index in [1.54, 1.807) is 30.2 Å². The summed E-state index contributed by atoms with van der Waals surface area (Å²) in [6.45, 7) is 1.83. The van der Waals surface area contributed by atoms with Gasteiger partial charge in [-0.1, -0.05) is 36.4 Å². The minimum atomic E-state index is -0.211. The number of benzene rings is 2. The van der Waals surface area contributed by atoms with Gasteiger partial charge in [0.2, 0.25) is 0 Å². The molecule has 2 aromatic carbocycles. The average Bonchev–Trinajstić information content (AvgIpc) is 3.25. The summed E-state index contributed by atoms with van der Waals surface area (Å²) in [5.74, 6) is 0.964. The van der Waals surface area contributed by atoms with Crippen LogP contribution in [0.15, 0.2) is 54.1 Å². The smallest absolute Gasteiger partial charge is 0.264 e. The third-order valence-electron chi connectivity index (χ3n) is 4.48. The Kier molecular flexibility index (Phi) is 6.11. The number of rotatable bonds is 6. The molecule has 0 radical (unpaired) electrons. The molecule has 2 aromatic rings. The highest BCUT2D eigenvalue weighted by molar-refractivity contribution is 6.01. The number of methoxy groups -OCH3 is 1. The fraction of sp³-hybridized carbons (Fsp3) is 0.273. The number of carbonyl (C=O) groups is 1. The Morgan fingerprint density at radius 1 is 1.15 bits per heavy atom. The van der Waals surface area contributed by atoms with Crippen molar-refractivity contribution < 1.29 is 14.3 Å².